The predicted molar refractivity (Wildman–Crippen MR) is 108 cm³/mol. The summed E-state index contributed by atoms with van der Waals surface area (Å²) >= 11 is 0. The van der Waals surface area contributed by atoms with Crippen molar-refractivity contribution in [3.05, 3.63) is 0 Å². The molecule has 0 aliphatic carbocycles. The minimum Gasteiger partial charge on any atom is -0.377 e. The summed E-state index contributed by atoms with van der Waals surface area (Å²) in [4.78, 5) is 6.87. The first-order valence-corrected chi connectivity index (χ1v) is 9.98. The van der Waals surface area contributed by atoms with Crippen LogP contribution in [0.5, 0.6) is 0 Å². The Hall–Kier alpha value is -0.810. The van der Waals surface area contributed by atoms with E-state index >= 15 is 0 Å². The first-order chi connectivity index (χ1) is 11.7. The van der Waals surface area contributed by atoms with Crippen molar-refractivity contribution < 1.29 is 4.74 Å². The maximum Gasteiger partial charge on any atom is 0.191 e. The second-order valence-corrected chi connectivity index (χ2v) is 8.86. The fourth-order valence-corrected chi connectivity index (χ4v) is 3.87. The van der Waals surface area contributed by atoms with Crippen LogP contribution >= 0.6 is 0 Å². The SMILES string of the molecule is CN=C(NCCN(C(C)C)C(C)C)NCC1CCCOC1C(C)(C)C. The van der Waals surface area contributed by atoms with E-state index in [1.54, 1.807) is 0 Å². The van der Waals surface area contributed by atoms with Crippen molar-refractivity contribution >= 4 is 5.96 Å². The van der Waals surface area contributed by atoms with Crippen LogP contribution in [-0.4, -0.2) is 62.3 Å². The molecule has 1 fully saturated rings. The van der Waals surface area contributed by atoms with Gasteiger partial charge in [-0.2, -0.15) is 0 Å². The van der Waals surface area contributed by atoms with Gasteiger partial charge in [-0.15, -0.1) is 0 Å². The molecule has 0 radical (unpaired) electrons. The highest BCUT2D eigenvalue weighted by atomic mass is 16.5. The molecule has 5 nitrogen and oxygen atoms in total. The number of ether oxygens (including phenoxy) is 1. The van der Waals surface area contributed by atoms with Gasteiger partial charge in [0.05, 0.1) is 6.10 Å². The Morgan fingerprint density at radius 3 is 2.32 bits per heavy atom. The van der Waals surface area contributed by atoms with Crippen LogP contribution in [0.1, 0.15) is 61.3 Å². The van der Waals surface area contributed by atoms with Gasteiger partial charge in [-0.1, -0.05) is 20.8 Å². The van der Waals surface area contributed by atoms with Crippen LogP contribution < -0.4 is 10.6 Å². The molecule has 0 bridgehead atoms. The van der Waals surface area contributed by atoms with Crippen LogP contribution in [0.2, 0.25) is 0 Å². The number of aliphatic imine (C=N–C) groups is 1. The maximum atomic E-state index is 6.08. The number of hydrogen-bond acceptors (Lipinski definition) is 3. The number of nitrogens with one attached hydrogen (secondary N) is 2. The van der Waals surface area contributed by atoms with Gasteiger partial charge in [-0.05, 0) is 46.0 Å². The molecule has 0 aromatic carbocycles. The zero-order chi connectivity index (χ0) is 19.0. The fraction of sp³-hybridized carbons (Fsp3) is 0.950. The van der Waals surface area contributed by atoms with Gasteiger partial charge in [0.25, 0.3) is 0 Å². The average Bonchev–Trinajstić information content (AvgIpc) is 2.52. The van der Waals surface area contributed by atoms with Crippen molar-refractivity contribution in [3.63, 3.8) is 0 Å². The van der Waals surface area contributed by atoms with Crippen LogP contribution in [-0.2, 0) is 4.74 Å². The van der Waals surface area contributed by atoms with E-state index in [1.807, 2.05) is 7.05 Å². The smallest absolute Gasteiger partial charge is 0.191 e. The van der Waals surface area contributed by atoms with Gasteiger partial charge in [-0.25, -0.2) is 0 Å². The van der Waals surface area contributed by atoms with Crippen LogP contribution in [0.4, 0.5) is 0 Å². The van der Waals surface area contributed by atoms with Crippen LogP contribution in [0, 0.1) is 11.3 Å². The van der Waals surface area contributed by atoms with E-state index in [-0.39, 0.29) is 5.41 Å². The lowest BCUT2D eigenvalue weighted by Gasteiger charge is -2.40. The Labute approximate surface area is 156 Å². The molecule has 1 saturated heterocycles. The van der Waals surface area contributed by atoms with Crippen LogP contribution in [0.3, 0.4) is 0 Å². The average molecular weight is 355 g/mol. The topological polar surface area (TPSA) is 48.9 Å². The normalized spacial score (nSPS) is 22.8. The largest absolute Gasteiger partial charge is 0.377 e. The van der Waals surface area contributed by atoms with Gasteiger partial charge in [0.1, 0.15) is 0 Å². The fourth-order valence-electron chi connectivity index (χ4n) is 3.87. The summed E-state index contributed by atoms with van der Waals surface area (Å²) in [6, 6.07) is 1.12. The third-order valence-corrected chi connectivity index (χ3v) is 5.04. The van der Waals surface area contributed by atoms with Crippen molar-refractivity contribution in [2.45, 2.75) is 79.5 Å². The van der Waals surface area contributed by atoms with E-state index in [9.17, 15) is 0 Å². The third kappa shape index (κ3) is 7.53. The van der Waals surface area contributed by atoms with E-state index in [0.29, 0.717) is 24.1 Å². The molecule has 0 amide bonds. The molecule has 1 aliphatic rings. The summed E-state index contributed by atoms with van der Waals surface area (Å²) < 4.78 is 6.08. The minimum atomic E-state index is 0.179. The summed E-state index contributed by atoms with van der Waals surface area (Å²) in [5, 5.41) is 6.97. The Bertz CT molecular complexity index is 393. The van der Waals surface area contributed by atoms with Gasteiger partial charge in [0, 0.05) is 51.3 Å². The Morgan fingerprint density at radius 1 is 1.16 bits per heavy atom. The quantitative estimate of drug-likeness (QED) is 0.545. The predicted octanol–water partition coefficient (Wildman–Crippen LogP) is 3.11. The first-order valence-electron chi connectivity index (χ1n) is 9.98. The molecule has 2 atom stereocenters. The molecule has 5 heteroatoms. The number of hydrogen-bond donors (Lipinski definition) is 2. The van der Waals surface area contributed by atoms with Crippen LogP contribution in [0.25, 0.3) is 0 Å². The Balaban J connectivity index is 2.45. The number of nitrogens with zero attached hydrogens (tertiary/aromatic N) is 2. The van der Waals surface area contributed by atoms with Crippen molar-refractivity contribution in [1.82, 2.24) is 15.5 Å². The molecule has 0 spiro atoms. The minimum absolute atomic E-state index is 0.179. The molecule has 1 heterocycles. The van der Waals surface area contributed by atoms with E-state index in [1.165, 1.54) is 6.42 Å². The highest BCUT2D eigenvalue weighted by molar-refractivity contribution is 5.79. The summed E-state index contributed by atoms with van der Waals surface area (Å²) in [5.74, 6) is 1.43. The maximum absolute atomic E-state index is 6.08. The van der Waals surface area contributed by atoms with Crippen LogP contribution in [0.15, 0.2) is 4.99 Å². The first kappa shape index (κ1) is 22.2. The highest BCUT2D eigenvalue weighted by Gasteiger charge is 2.35. The Morgan fingerprint density at radius 2 is 1.80 bits per heavy atom. The van der Waals surface area contributed by atoms with Gasteiger partial charge in [0.15, 0.2) is 5.96 Å². The van der Waals surface area contributed by atoms with Crippen molar-refractivity contribution in [1.29, 1.82) is 0 Å². The zero-order valence-electron chi connectivity index (χ0n) is 17.9. The Kier molecular flexibility index (Phi) is 9.22. The lowest BCUT2D eigenvalue weighted by atomic mass is 9.78. The summed E-state index contributed by atoms with van der Waals surface area (Å²) in [6.07, 6.45) is 2.69. The molecular formula is C20H42N4O. The molecule has 148 valence electrons. The monoisotopic (exact) mass is 354 g/mol. The molecule has 2 N–H and O–H groups in total. The van der Waals surface area contributed by atoms with Crippen molar-refractivity contribution in [3.8, 4) is 0 Å². The summed E-state index contributed by atoms with van der Waals surface area (Å²) in [6.45, 7) is 19.6. The molecule has 0 aromatic rings. The summed E-state index contributed by atoms with van der Waals surface area (Å²) in [7, 11) is 1.84. The van der Waals surface area contributed by atoms with Gasteiger partial charge < -0.3 is 15.4 Å². The lowest BCUT2D eigenvalue weighted by molar-refractivity contribution is -0.0835. The number of guanidine groups is 1. The zero-order valence-corrected chi connectivity index (χ0v) is 17.9. The summed E-state index contributed by atoms with van der Waals surface area (Å²) in [5.41, 5.74) is 0.179. The second kappa shape index (κ2) is 10.4. The highest BCUT2D eigenvalue weighted by Crippen LogP contribution is 2.33. The second-order valence-electron chi connectivity index (χ2n) is 8.86. The molecular weight excluding hydrogens is 312 g/mol. The number of rotatable bonds is 7. The third-order valence-electron chi connectivity index (χ3n) is 5.04. The van der Waals surface area contributed by atoms with Crippen molar-refractivity contribution in [2.24, 2.45) is 16.3 Å². The van der Waals surface area contributed by atoms with E-state index in [0.717, 1.165) is 38.6 Å². The van der Waals surface area contributed by atoms with E-state index < -0.39 is 0 Å². The molecule has 1 rings (SSSR count). The lowest BCUT2D eigenvalue weighted by Crippen LogP contribution is -2.49. The van der Waals surface area contributed by atoms with Gasteiger partial charge >= 0.3 is 0 Å². The molecule has 2 unspecified atom stereocenters. The van der Waals surface area contributed by atoms with E-state index in [2.05, 4.69) is 69.0 Å². The van der Waals surface area contributed by atoms with Crippen molar-refractivity contribution in [2.75, 3.05) is 33.3 Å². The van der Waals surface area contributed by atoms with Gasteiger partial charge in [0.2, 0.25) is 0 Å². The molecule has 0 saturated carbocycles. The molecule has 0 aromatic heterocycles. The van der Waals surface area contributed by atoms with E-state index in [4.69, 9.17) is 4.74 Å². The van der Waals surface area contributed by atoms with Gasteiger partial charge in [-0.3, -0.25) is 9.89 Å². The standard InChI is InChI=1S/C20H42N4O/c1-15(2)24(16(3)4)12-11-22-19(21-8)23-14-17-10-9-13-25-18(17)20(5,6)7/h15-18H,9-14H2,1-8H3,(H2,21,22,23). The molecule has 1 aliphatic heterocycles. The molecule has 25 heavy (non-hydrogen) atoms.